The Balaban J connectivity index is 1.52. The molecule has 5 rings (SSSR count). The lowest BCUT2D eigenvalue weighted by atomic mass is 9.91. The molecule has 3 heterocycles. The van der Waals surface area contributed by atoms with Crippen LogP contribution in [0.15, 0.2) is 48.5 Å². The van der Waals surface area contributed by atoms with Gasteiger partial charge in [0.1, 0.15) is 5.75 Å². The van der Waals surface area contributed by atoms with Gasteiger partial charge in [-0.3, -0.25) is 4.79 Å². The average Bonchev–Trinajstić information content (AvgIpc) is 3.18. The number of para-hydroxylation sites is 1. The van der Waals surface area contributed by atoms with Crippen molar-refractivity contribution in [3.8, 4) is 5.75 Å². The Kier molecular flexibility index (Phi) is 2.78. The van der Waals surface area contributed by atoms with Crippen LogP contribution in [0.2, 0.25) is 0 Å². The Hall–Kier alpha value is -2.29. The van der Waals surface area contributed by atoms with Crippen LogP contribution >= 0.6 is 0 Å². The van der Waals surface area contributed by atoms with Gasteiger partial charge in [-0.1, -0.05) is 42.5 Å². The first-order chi connectivity index (χ1) is 11.3. The molecule has 23 heavy (non-hydrogen) atoms. The summed E-state index contributed by atoms with van der Waals surface area (Å²) in [6.07, 6.45) is 2.97. The average molecular weight is 305 g/mol. The van der Waals surface area contributed by atoms with Gasteiger partial charge in [-0.15, -0.1) is 0 Å². The largest absolute Gasteiger partial charge is 0.493 e. The highest BCUT2D eigenvalue weighted by Gasteiger charge is 2.48. The van der Waals surface area contributed by atoms with E-state index in [2.05, 4.69) is 29.2 Å². The minimum absolute atomic E-state index is 0.0580. The zero-order valence-electron chi connectivity index (χ0n) is 12.9. The van der Waals surface area contributed by atoms with E-state index in [-0.39, 0.29) is 23.9 Å². The molecule has 2 bridgehead atoms. The summed E-state index contributed by atoms with van der Waals surface area (Å²) in [6, 6.07) is 17.1. The predicted molar refractivity (Wildman–Crippen MR) is 87.3 cm³/mol. The second-order valence-corrected chi connectivity index (χ2v) is 6.71. The summed E-state index contributed by atoms with van der Waals surface area (Å²) in [5.74, 6) is 1.10. The minimum Gasteiger partial charge on any atom is -0.493 e. The Morgan fingerprint density at radius 1 is 0.870 bits per heavy atom. The van der Waals surface area contributed by atoms with Crippen molar-refractivity contribution in [1.29, 1.82) is 0 Å². The van der Waals surface area contributed by atoms with E-state index >= 15 is 0 Å². The third-order valence-corrected chi connectivity index (χ3v) is 5.61. The fourth-order valence-electron chi connectivity index (χ4n) is 4.63. The molecule has 3 atom stereocenters. The standard InChI is InChI=1S/C20H19NO2/c22-20(16-11-12-23-19-8-4-3-7-15(16)19)21-17-9-10-18(21)14-6-2-1-5-13(14)17/h1-8,16-18H,9-12H2. The van der Waals surface area contributed by atoms with Crippen LogP contribution in [-0.4, -0.2) is 17.4 Å². The molecule has 0 saturated carbocycles. The van der Waals surface area contributed by atoms with Gasteiger partial charge in [0, 0.05) is 5.56 Å². The maximum atomic E-state index is 13.4. The number of fused-ring (bicyclic) bond motifs is 6. The van der Waals surface area contributed by atoms with E-state index in [9.17, 15) is 4.79 Å². The number of hydrogen-bond acceptors (Lipinski definition) is 2. The van der Waals surface area contributed by atoms with Crippen LogP contribution in [0.25, 0.3) is 0 Å². The molecular weight excluding hydrogens is 286 g/mol. The molecule has 3 unspecified atom stereocenters. The van der Waals surface area contributed by atoms with E-state index in [4.69, 9.17) is 4.74 Å². The summed E-state index contributed by atoms with van der Waals surface area (Å²) in [4.78, 5) is 15.5. The number of benzene rings is 2. The van der Waals surface area contributed by atoms with E-state index in [0.717, 1.165) is 30.6 Å². The van der Waals surface area contributed by atoms with Crippen LogP contribution < -0.4 is 4.74 Å². The number of hydrogen-bond donors (Lipinski definition) is 0. The SMILES string of the molecule is O=C(C1CCOc2ccccc21)N1C2CCC1c1ccccc12. The smallest absolute Gasteiger partial charge is 0.231 e. The molecule has 0 aliphatic carbocycles. The van der Waals surface area contributed by atoms with Crippen LogP contribution in [0.3, 0.4) is 0 Å². The zero-order valence-corrected chi connectivity index (χ0v) is 12.9. The summed E-state index contributed by atoms with van der Waals surface area (Å²) in [5, 5.41) is 0. The fraction of sp³-hybridized carbons (Fsp3) is 0.350. The highest BCUT2D eigenvalue weighted by molar-refractivity contribution is 5.86. The Bertz CT molecular complexity index is 754. The van der Waals surface area contributed by atoms with Gasteiger partial charge in [-0.2, -0.15) is 0 Å². The summed E-state index contributed by atoms with van der Waals surface area (Å²) in [7, 11) is 0. The van der Waals surface area contributed by atoms with Crippen molar-refractivity contribution in [3.05, 3.63) is 65.2 Å². The van der Waals surface area contributed by atoms with E-state index in [1.54, 1.807) is 0 Å². The minimum atomic E-state index is -0.0580. The molecule has 3 aliphatic heterocycles. The normalized spacial score (nSPS) is 27.3. The second-order valence-electron chi connectivity index (χ2n) is 6.71. The summed E-state index contributed by atoms with van der Waals surface area (Å²) in [5.41, 5.74) is 3.77. The molecule has 2 aromatic rings. The molecule has 1 amide bonds. The van der Waals surface area contributed by atoms with Gasteiger partial charge in [-0.25, -0.2) is 0 Å². The van der Waals surface area contributed by atoms with E-state index in [1.807, 2.05) is 24.3 Å². The number of carbonyl (C=O) groups is 1. The topological polar surface area (TPSA) is 29.5 Å². The second kappa shape index (κ2) is 4.85. The lowest BCUT2D eigenvalue weighted by molar-refractivity contribution is -0.135. The maximum absolute atomic E-state index is 13.4. The summed E-state index contributed by atoms with van der Waals surface area (Å²) < 4.78 is 5.73. The van der Waals surface area contributed by atoms with Crippen molar-refractivity contribution in [2.24, 2.45) is 0 Å². The maximum Gasteiger partial charge on any atom is 0.231 e. The molecule has 0 N–H and O–H groups in total. The lowest BCUT2D eigenvalue weighted by Crippen LogP contribution is -2.35. The first kappa shape index (κ1) is 13.2. The van der Waals surface area contributed by atoms with Gasteiger partial charge in [0.25, 0.3) is 0 Å². The summed E-state index contributed by atoms with van der Waals surface area (Å²) in [6.45, 7) is 0.629. The molecule has 3 heteroatoms. The van der Waals surface area contributed by atoms with Crippen LogP contribution in [0.1, 0.15) is 54.0 Å². The van der Waals surface area contributed by atoms with Gasteiger partial charge in [-0.05, 0) is 36.5 Å². The van der Waals surface area contributed by atoms with Crippen LogP contribution in [0, 0.1) is 0 Å². The zero-order chi connectivity index (χ0) is 15.4. The van der Waals surface area contributed by atoms with Gasteiger partial charge in [0.05, 0.1) is 24.6 Å². The monoisotopic (exact) mass is 305 g/mol. The van der Waals surface area contributed by atoms with E-state index in [1.165, 1.54) is 11.1 Å². The Morgan fingerprint density at radius 3 is 2.17 bits per heavy atom. The van der Waals surface area contributed by atoms with E-state index < -0.39 is 0 Å². The lowest BCUT2D eigenvalue weighted by Gasteiger charge is -2.31. The molecule has 116 valence electrons. The van der Waals surface area contributed by atoms with Crippen LogP contribution in [0.4, 0.5) is 0 Å². The molecule has 2 aromatic carbocycles. The third kappa shape index (κ3) is 1.79. The van der Waals surface area contributed by atoms with Crippen LogP contribution in [-0.2, 0) is 4.79 Å². The Labute approximate surface area is 135 Å². The first-order valence-corrected chi connectivity index (χ1v) is 8.47. The molecule has 3 nitrogen and oxygen atoms in total. The van der Waals surface area contributed by atoms with Crippen molar-refractivity contribution in [2.45, 2.75) is 37.3 Å². The molecule has 3 aliphatic rings. The molecule has 1 fully saturated rings. The fourth-order valence-corrected chi connectivity index (χ4v) is 4.63. The number of amides is 1. The molecule has 0 aromatic heterocycles. The van der Waals surface area contributed by atoms with Crippen molar-refractivity contribution >= 4 is 5.91 Å². The number of carbonyl (C=O) groups excluding carboxylic acids is 1. The van der Waals surface area contributed by atoms with Crippen molar-refractivity contribution in [1.82, 2.24) is 4.90 Å². The summed E-state index contributed by atoms with van der Waals surface area (Å²) >= 11 is 0. The van der Waals surface area contributed by atoms with Gasteiger partial charge < -0.3 is 9.64 Å². The first-order valence-electron chi connectivity index (χ1n) is 8.47. The highest BCUT2D eigenvalue weighted by atomic mass is 16.5. The number of ether oxygens (including phenoxy) is 1. The van der Waals surface area contributed by atoms with Crippen LogP contribution in [0.5, 0.6) is 5.75 Å². The van der Waals surface area contributed by atoms with Crippen molar-refractivity contribution < 1.29 is 9.53 Å². The highest BCUT2D eigenvalue weighted by Crippen LogP contribution is 2.54. The van der Waals surface area contributed by atoms with Crippen molar-refractivity contribution in [3.63, 3.8) is 0 Å². The quantitative estimate of drug-likeness (QED) is 0.798. The third-order valence-electron chi connectivity index (χ3n) is 5.61. The molecule has 1 saturated heterocycles. The van der Waals surface area contributed by atoms with Crippen molar-refractivity contribution in [2.75, 3.05) is 6.61 Å². The van der Waals surface area contributed by atoms with Gasteiger partial charge >= 0.3 is 0 Å². The van der Waals surface area contributed by atoms with Gasteiger partial charge in [0.2, 0.25) is 5.91 Å². The molecular formula is C20H19NO2. The molecule has 0 radical (unpaired) electrons. The Morgan fingerprint density at radius 2 is 1.48 bits per heavy atom. The van der Waals surface area contributed by atoms with E-state index in [0.29, 0.717) is 6.61 Å². The number of rotatable bonds is 1. The number of nitrogens with zero attached hydrogens (tertiary/aromatic N) is 1. The predicted octanol–water partition coefficient (Wildman–Crippen LogP) is 3.97. The molecule has 0 spiro atoms. The van der Waals surface area contributed by atoms with Gasteiger partial charge in [0.15, 0.2) is 0 Å².